The highest BCUT2D eigenvalue weighted by Gasteiger charge is 2.30. The Morgan fingerprint density at radius 3 is 2.88 bits per heavy atom. The van der Waals surface area contributed by atoms with Crippen LogP contribution < -0.4 is 5.32 Å². The number of esters is 1. The normalized spacial score (nSPS) is 23.6. The zero-order valence-electron chi connectivity index (χ0n) is 9.89. The Bertz CT molecular complexity index is 366. The lowest BCUT2D eigenvalue weighted by Crippen LogP contribution is -2.31. The standard InChI is InChI=1S/C13H17NO3/c1-16-13(15)12-7-11(8-14-12)17-9-10-5-3-2-4-6-10/h2-6,11-12,14H,7-9H2,1H3/t11?,12-/m0/s1. The molecule has 2 atom stereocenters. The number of hydrogen-bond acceptors (Lipinski definition) is 4. The molecule has 0 amide bonds. The molecule has 4 heteroatoms. The summed E-state index contributed by atoms with van der Waals surface area (Å²) < 4.78 is 10.4. The Balaban J connectivity index is 1.77. The monoisotopic (exact) mass is 235 g/mol. The number of benzene rings is 1. The molecular weight excluding hydrogens is 218 g/mol. The van der Waals surface area contributed by atoms with E-state index in [2.05, 4.69) is 10.1 Å². The Labute approximate surface area is 101 Å². The van der Waals surface area contributed by atoms with Crippen molar-refractivity contribution in [3.63, 3.8) is 0 Å². The smallest absolute Gasteiger partial charge is 0.322 e. The summed E-state index contributed by atoms with van der Waals surface area (Å²) in [6.07, 6.45) is 0.763. The van der Waals surface area contributed by atoms with Crippen LogP contribution in [0.15, 0.2) is 30.3 Å². The third-order valence-corrected chi connectivity index (χ3v) is 2.90. The third-order valence-electron chi connectivity index (χ3n) is 2.90. The first-order valence-electron chi connectivity index (χ1n) is 5.76. The number of carbonyl (C=O) groups excluding carboxylic acids is 1. The largest absolute Gasteiger partial charge is 0.468 e. The van der Waals surface area contributed by atoms with Crippen molar-refractivity contribution in [2.24, 2.45) is 0 Å². The number of rotatable bonds is 4. The summed E-state index contributed by atoms with van der Waals surface area (Å²) in [6, 6.07) is 9.79. The number of carbonyl (C=O) groups is 1. The van der Waals surface area contributed by atoms with Crippen molar-refractivity contribution < 1.29 is 14.3 Å². The minimum atomic E-state index is -0.222. The van der Waals surface area contributed by atoms with Gasteiger partial charge in [0.1, 0.15) is 6.04 Å². The van der Waals surface area contributed by atoms with Gasteiger partial charge in [-0.05, 0) is 5.56 Å². The minimum Gasteiger partial charge on any atom is -0.468 e. The van der Waals surface area contributed by atoms with Crippen molar-refractivity contribution >= 4 is 5.97 Å². The highest BCUT2D eigenvalue weighted by molar-refractivity contribution is 5.76. The zero-order chi connectivity index (χ0) is 12.1. The van der Waals surface area contributed by atoms with Crippen LogP contribution in [0.25, 0.3) is 0 Å². The van der Waals surface area contributed by atoms with Crippen molar-refractivity contribution in [2.45, 2.75) is 25.2 Å². The fourth-order valence-electron chi connectivity index (χ4n) is 1.94. The molecule has 0 saturated carbocycles. The quantitative estimate of drug-likeness (QED) is 0.794. The number of ether oxygens (including phenoxy) is 2. The lowest BCUT2D eigenvalue weighted by molar-refractivity contribution is -0.142. The fourth-order valence-corrected chi connectivity index (χ4v) is 1.94. The Morgan fingerprint density at radius 1 is 1.41 bits per heavy atom. The maximum absolute atomic E-state index is 11.3. The van der Waals surface area contributed by atoms with E-state index in [-0.39, 0.29) is 18.1 Å². The van der Waals surface area contributed by atoms with Gasteiger partial charge in [-0.3, -0.25) is 4.79 Å². The molecule has 17 heavy (non-hydrogen) atoms. The second-order valence-electron chi connectivity index (χ2n) is 4.14. The molecule has 0 aliphatic carbocycles. The first-order valence-corrected chi connectivity index (χ1v) is 5.76. The third kappa shape index (κ3) is 3.28. The lowest BCUT2D eigenvalue weighted by atomic mass is 10.2. The van der Waals surface area contributed by atoms with Crippen LogP contribution in [0.3, 0.4) is 0 Å². The summed E-state index contributed by atoms with van der Waals surface area (Å²) in [4.78, 5) is 11.3. The molecule has 2 rings (SSSR count). The van der Waals surface area contributed by atoms with E-state index in [9.17, 15) is 4.79 Å². The van der Waals surface area contributed by atoms with E-state index in [0.717, 1.165) is 5.56 Å². The van der Waals surface area contributed by atoms with Gasteiger partial charge < -0.3 is 14.8 Å². The van der Waals surface area contributed by atoms with Crippen LogP contribution in [-0.4, -0.2) is 31.8 Å². The van der Waals surface area contributed by atoms with Gasteiger partial charge in [0.25, 0.3) is 0 Å². The average Bonchev–Trinajstić information content (AvgIpc) is 2.85. The molecule has 1 aliphatic heterocycles. The van der Waals surface area contributed by atoms with E-state index in [1.165, 1.54) is 7.11 Å². The molecule has 1 aromatic rings. The molecule has 1 fully saturated rings. The minimum absolute atomic E-state index is 0.0827. The molecule has 0 spiro atoms. The average molecular weight is 235 g/mol. The molecule has 1 heterocycles. The summed E-state index contributed by atoms with van der Waals surface area (Å²) in [7, 11) is 1.40. The van der Waals surface area contributed by atoms with Crippen LogP contribution >= 0.6 is 0 Å². The van der Waals surface area contributed by atoms with Gasteiger partial charge in [-0.25, -0.2) is 0 Å². The van der Waals surface area contributed by atoms with Crippen LogP contribution in [0.1, 0.15) is 12.0 Å². The lowest BCUT2D eigenvalue weighted by Gasteiger charge is -2.10. The van der Waals surface area contributed by atoms with Gasteiger partial charge in [-0.2, -0.15) is 0 Å². The van der Waals surface area contributed by atoms with Gasteiger partial charge in [0.2, 0.25) is 0 Å². The summed E-state index contributed by atoms with van der Waals surface area (Å²) in [5, 5.41) is 3.09. The van der Waals surface area contributed by atoms with Crippen molar-refractivity contribution in [3.8, 4) is 0 Å². The van der Waals surface area contributed by atoms with Gasteiger partial charge in [0, 0.05) is 13.0 Å². The van der Waals surface area contributed by atoms with Crippen LogP contribution in [0.4, 0.5) is 0 Å². The van der Waals surface area contributed by atoms with E-state index in [4.69, 9.17) is 4.74 Å². The summed E-state index contributed by atoms with van der Waals surface area (Å²) in [6.45, 7) is 1.29. The highest BCUT2D eigenvalue weighted by Crippen LogP contribution is 2.13. The van der Waals surface area contributed by atoms with E-state index in [1.54, 1.807) is 0 Å². The van der Waals surface area contributed by atoms with Crippen LogP contribution in [0.5, 0.6) is 0 Å². The summed E-state index contributed by atoms with van der Waals surface area (Å²) >= 11 is 0. The maximum Gasteiger partial charge on any atom is 0.322 e. The second-order valence-corrected chi connectivity index (χ2v) is 4.14. The van der Waals surface area contributed by atoms with Crippen molar-refractivity contribution in [2.75, 3.05) is 13.7 Å². The van der Waals surface area contributed by atoms with Gasteiger partial charge >= 0.3 is 5.97 Å². The summed E-state index contributed by atoms with van der Waals surface area (Å²) in [5.41, 5.74) is 1.15. The predicted molar refractivity (Wildman–Crippen MR) is 63.4 cm³/mol. The van der Waals surface area contributed by atoms with Crippen LogP contribution in [0.2, 0.25) is 0 Å². The van der Waals surface area contributed by atoms with Gasteiger partial charge in [0.05, 0.1) is 19.8 Å². The molecule has 1 unspecified atom stereocenters. The van der Waals surface area contributed by atoms with Crippen molar-refractivity contribution in [3.05, 3.63) is 35.9 Å². The Kier molecular flexibility index (Phi) is 4.12. The Hall–Kier alpha value is -1.39. The van der Waals surface area contributed by atoms with Crippen molar-refractivity contribution in [1.82, 2.24) is 5.32 Å². The van der Waals surface area contributed by atoms with Crippen LogP contribution in [0, 0.1) is 0 Å². The fraction of sp³-hybridized carbons (Fsp3) is 0.462. The number of nitrogens with one attached hydrogen (secondary N) is 1. The second kappa shape index (κ2) is 5.80. The van der Waals surface area contributed by atoms with Gasteiger partial charge in [0.15, 0.2) is 0 Å². The molecule has 0 radical (unpaired) electrons. The molecule has 92 valence electrons. The van der Waals surface area contributed by atoms with Crippen LogP contribution in [-0.2, 0) is 20.9 Å². The molecule has 0 aromatic heterocycles. The van der Waals surface area contributed by atoms with Crippen molar-refractivity contribution in [1.29, 1.82) is 0 Å². The van der Waals surface area contributed by atoms with Gasteiger partial charge in [-0.15, -0.1) is 0 Å². The van der Waals surface area contributed by atoms with E-state index in [0.29, 0.717) is 19.6 Å². The Morgan fingerprint density at radius 2 is 2.18 bits per heavy atom. The van der Waals surface area contributed by atoms with E-state index in [1.807, 2.05) is 30.3 Å². The topological polar surface area (TPSA) is 47.6 Å². The molecule has 1 N–H and O–H groups in total. The number of methoxy groups -OCH3 is 1. The molecular formula is C13H17NO3. The van der Waals surface area contributed by atoms with Gasteiger partial charge in [-0.1, -0.05) is 30.3 Å². The molecule has 1 saturated heterocycles. The maximum atomic E-state index is 11.3. The first-order chi connectivity index (χ1) is 8.29. The highest BCUT2D eigenvalue weighted by atomic mass is 16.5. The van der Waals surface area contributed by atoms with E-state index < -0.39 is 0 Å². The zero-order valence-corrected chi connectivity index (χ0v) is 9.89. The van der Waals surface area contributed by atoms with E-state index >= 15 is 0 Å². The summed E-state index contributed by atoms with van der Waals surface area (Å²) in [5.74, 6) is -0.212. The molecule has 4 nitrogen and oxygen atoms in total. The SMILES string of the molecule is COC(=O)[C@@H]1CC(OCc2ccccc2)CN1. The first kappa shape index (κ1) is 12.1. The molecule has 1 aliphatic rings. The number of hydrogen-bond donors (Lipinski definition) is 1. The predicted octanol–water partition coefficient (Wildman–Crippen LogP) is 1.11. The molecule has 0 bridgehead atoms. The molecule has 1 aromatic carbocycles.